The highest BCUT2D eigenvalue weighted by Crippen LogP contribution is 2.30. The monoisotopic (exact) mass is 408 g/mol. The van der Waals surface area contributed by atoms with Gasteiger partial charge in [0.2, 0.25) is 0 Å². The van der Waals surface area contributed by atoms with Crippen LogP contribution in [0.3, 0.4) is 0 Å². The number of ether oxygens (including phenoxy) is 1. The summed E-state index contributed by atoms with van der Waals surface area (Å²) >= 11 is 0.675. The van der Waals surface area contributed by atoms with Gasteiger partial charge in [-0.3, -0.25) is 9.59 Å². The van der Waals surface area contributed by atoms with Crippen LogP contribution < -0.4 is 5.56 Å². The van der Waals surface area contributed by atoms with E-state index >= 15 is 0 Å². The molecule has 0 fully saturated rings. The van der Waals surface area contributed by atoms with Crippen molar-refractivity contribution in [3.05, 3.63) is 57.5 Å². The standard InChI is InChI=1S/C16H13F5N2O3S/c1-26-14(25)11(6-8-2-4-9(5-3-8)16(19,20)21)27-15-22-10(13(17)18)7-12(24)23-15/h2-5,7,11,13H,6H2,1H3,(H,22,23,24). The number of carbonyl (C=O) groups excluding carboxylic acids is 1. The topological polar surface area (TPSA) is 72.0 Å². The van der Waals surface area contributed by atoms with E-state index < -0.39 is 40.6 Å². The molecule has 2 rings (SSSR count). The number of aromatic amines is 1. The number of halogens is 5. The molecule has 1 heterocycles. The quantitative estimate of drug-likeness (QED) is 0.342. The Kier molecular flexibility index (Phi) is 6.58. The Morgan fingerprint density at radius 2 is 1.89 bits per heavy atom. The van der Waals surface area contributed by atoms with Gasteiger partial charge in [0.1, 0.15) is 10.9 Å². The Hall–Kier alpha value is -2.43. The predicted molar refractivity (Wildman–Crippen MR) is 86.6 cm³/mol. The molecule has 5 nitrogen and oxygen atoms in total. The summed E-state index contributed by atoms with van der Waals surface area (Å²) in [6, 6.07) is 4.77. The Morgan fingerprint density at radius 1 is 1.26 bits per heavy atom. The maximum absolute atomic E-state index is 12.8. The summed E-state index contributed by atoms with van der Waals surface area (Å²) < 4.78 is 68.0. The first-order valence-corrected chi connectivity index (χ1v) is 8.28. The van der Waals surface area contributed by atoms with E-state index in [1.807, 2.05) is 0 Å². The van der Waals surface area contributed by atoms with Crippen molar-refractivity contribution in [2.24, 2.45) is 0 Å². The van der Waals surface area contributed by atoms with Crippen LogP contribution in [0.1, 0.15) is 23.2 Å². The fraction of sp³-hybridized carbons (Fsp3) is 0.312. The smallest absolute Gasteiger partial charge is 0.416 e. The van der Waals surface area contributed by atoms with E-state index in [9.17, 15) is 31.5 Å². The molecule has 1 N–H and O–H groups in total. The Morgan fingerprint density at radius 3 is 2.41 bits per heavy atom. The van der Waals surface area contributed by atoms with E-state index in [1.165, 1.54) is 12.1 Å². The number of carbonyl (C=O) groups is 1. The van der Waals surface area contributed by atoms with Crippen LogP contribution in [0.25, 0.3) is 0 Å². The molecule has 1 atom stereocenters. The van der Waals surface area contributed by atoms with Gasteiger partial charge in [-0.25, -0.2) is 13.8 Å². The summed E-state index contributed by atoms with van der Waals surface area (Å²) in [4.78, 5) is 29.2. The van der Waals surface area contributed by atoms with Gasteiger partial charge in [-0.1, -0.05) is 23.9 Å². The SMILES string of the molecule is COC(=O)C(Cc1ccc(C(F)(F)F)cc1)Sc1nc(C(F)F)cc(=O)[nH]1. The van der Waals surface area contributed by atoms with Crippen LogP contribution in [-0.2, 0) is 22.1 Å². The zero-order valence-corrected chi connectivity index (χ0v) is 14.5. The number of hydrogen-bond acceptors (Lipinski definition) is 5. The molecule has 1 aromatic heterocycles. The maximum atomic E-state index is 12.8. The maximum Gasteiger partial charge on any atom is 0.416 e. The van der Waals surface area contributed by atoms with E-state index in [0.29, 0.717) is 23.4 Å². The second kappa shape index (κ2) is 8.51. The van der Waals surface area contributed by atoms with Crippen molar-refractivity contribution < 1.29 is 31.5 Å². The molecule has 27 heavy (non-hydrogen) atoms. The minimum absolute atomic E-state index is 0.0574. The molecular weight excluding hydrogens is 395 g/mol. The number of alkyl halides is 5. The molecule has 0 aliphatic carbocycles. The van der Waals surface area contributed by atoms with E-state index in [4.69, 9.17) is 0 Å². The number of esters is 1. The highest BCUT2D eigenvalue weighted by molar-refractivity contribution is 8.00. The summed E-state index contributed by atoms with van der Waals surface area (Å²) in [5, 5.41) is -1.23. The minimum atomic E-state index is -4.49. The van der Waals surface area contributed by atoms with Crippen molar-refractivity contribution in [1.29, 1.82) is 0 Å². The molecule has 0 aliphatic heterocycles. The minimum Gasteiger partial charge on any atom is -0.468 e. The van der Waals surface area contributed by atoms with Crippen molar-refractivity contribution in [3.8, 4) is 0 Å². The molecule has 0 aliphatic rings. The van der Waals surface area contributed by atoms with Gasteiger partial charge in [0.25, 0.3) is 12.0 Å². The van der Waals surface area contributed by atoms with Crippen molar-refractivity contribution in [2.75, 3.05) is 7.11 Å². The molecule has 1 aromatic carbocycles. The lowest BCUT2D eigenvalue weighted by atomic mass is 10.1. The molecule has 1 unspecified atom stereocenters. The summed E-state index contributed by atoms with van der Waals surface area (Å²) in [6.45, 7) is 0. The number of hydrogen-bond donors (Lipinski definition) is 1. The van der Waals surface area contributed by atoms with Crippen molar-refractivity contribution in [3.63, 3.8) is 0 Å². The van der Waals surface area contributed by atoms with E-state index in [0.717, 1.165) is 19.2 Å². The highest BCUT2D eigenvalue weighted by Gasteiger charge is 2.30. The Balaban J connectivity index is 2.24. The lowest BCUT2D eigenvalue weighted by Crippen LogP contribution is -2.23. The van der Waals surface area contributed by atoms with Crippen LogP contribution in [0.15, 0.2) is 40.3 Å². The zero-order valence-electron chi connectivity index (χ0n) is 13.7. The first kappa shape index (κ1) is 20.9. The number of nitrogens with one attached hydrogen (secondary N) is 1. The van der Waals surface area contributed by atoms with Crippen LogP contribution in [0.4, 0.5) is 22.0 Å². The van der Waals surface area contributed by atoms with Crippen LogP contribution in [0, 0.1) is 0 Å². The molecule has 0 saturated carbocycles. The van der Waals surface area contributed by atoms with Gasteiger partial charge in [0, 0.05) is 6.07 Å². The Labute approximate surface area is 154 Å². The highest BCUT2D eigenvalue weighted by atomic mass is 32.2. The zero-order chi connectivity index (χ0) is 20.2. The van der Waals surface area contributed by atoms with E-state index in [2.05, 4.69) is 14.7 Å². The van der Waals surface area contributed by atoms with Gasteiger partial charge in [-0.2, -0.15) is 13.2 Å². The predicted octanol–water partition coefficient (Wildman–Crippen LogP) is 3.60. The number of rotatable bonds is 6. The van der Waals surface area contributed by atoms with Gasteiger partial charge >= 0.3 is 12.1 Å². The van der Waals surface area contributed by atoms with Crippen LogP contribution in [-0.4, -0.2) is 28.3 Å². The summed E-state index contributed by atoms with van der Waals surface area (Å²) in [5.74, 6) is -0.745. The number of nitrogens with zero attached hydrogens (tertiary/aromatic N) is 1. The lowest BCUT2D eigenvalue weighted by molar-refractivity contribution is -0.140. The summed E-state index contributed by atoms with van der Waals surface area (Å²) in [5.41, 5.74) is -2.03. The molecule has 2 aromatic rings. The average Bonchev–Trinajstić information content (AvgIpc) is 2.59. The lowest BCUT2D eigenvalue weighted by Gasteiger charge is -2.15. The third-order valence-corrected chi connectivity index (χ3v) is 4.44. The van der Waals surface area contributed by atoms with Gasteiger partial charge in [-0.05, 0) is 24.1 Å². The number of thioether (sulfide) groups is 1. The first-order chi connectivity index (χ1) is 12.6. The van der Waals surface area contributed by atoms with Crippen molar-refractivity contribution in [1.82, 2.24) is 9.97 Å². The molecule has 0 saturated heterocycles. The second-order valence-electron chi connectivity index (χ2n) is 5.30. The number of benzene rings is 1. The molecular formula is C16H13F5N2O3S. The van der Waals surface area contributed by atoms with E-state index in [-0.39, 0.29) is 11.6 Å². The number of aromatic nitrogens is 2. The summed E-state index contributed by atoms with van der Waals surface area (Å²) in [7, 11) is 1.11. The fourth-order valence-electron chi connectivity index (χ4n) is 2.10. The molecule has 11 heteroatoms. The normalized spacial score (nSPS) is 12.9. The molecule has 0 spiro atoms. The van der Waals surface area contributed by atoms with E-state index in [1.54, 1.807) is 0 Å². The van der Waals surface area contributed by atoms with Crippen LogP contribution >= 0.6 is 11.8 Å². The molecule has 0 bridgehead atoms. The molecule has 0 amide bonds. The average molecular weight is 408 g/mol. The van der Waals surface area contributed by atoms with Crippen molar-refractivity contribution in [2.45, 2.75) is 29.4 Å². The summed E-state index contributed by atoms with van der Waals surface area (Å²) in [6.07, 6.45) is -7.52. The van der Waals surface area contributed by atoms with Gasteiger partial charge in [-0.15, -0.1) is 0 Å². The second-order valence-corrected chi connectivity index (χ2v) is 6.50. The van der Waals surface area contributed by atoms with Crippen LogP contribution in [0.5, 0.6) is 0 Å². The fourth-order valence-corrected chi connectivity index (χ4v) is 3.16. The third kappa shape index (κ3) is 5.78. The largest absolute Gasteiger partial charge is 0.468 e. The number of H-pyrrole nitrogens is 1. The molecule has 146 valence electrons. The first-order valence-electron chi connectivity index (χ1n) is 7.40. The third-order valence-electron chi connectivity index (χ3n) is 3.38. The van der Waals surface area contributed by atoms with Gasteiger partial charge in [0.05, 0.1) is 12.7 Å². The van der Waals surface area contributed by atoms with Gasteiger partial charge < -0.3 is 9.72 Å². The van der Waals surface area contributed by atoms with Crippen molar-refractivity contribution >= 4 is 17.7 Å². The number of methoxy groups -OCH3 is 1. The Bertz CT molecular complexity index is 852. The van der Waals surface area contributed by atoms with Crippen LogP contribution in [0.2, 0.25) is 0 Å². The van der Waals surface area contributed by atoms with Gasteiger partial charge in [0.15, 0.2) is 5.16 Å². The molecule has 0 radical (unpaired) electrons.